The summed E-state index contributed by atoms with van der Waals surface area (Å²) < 4.78 is 30.8. The highest BCUT2D eigenvalue weighted by molar-refractivity contribution is 7.09. The van der Waals surface area contributed by atoms with E-state index in [-0.39, 0.29) is 0 Å². The Balaban J connectivity index is 1.32. The average molecular weight is 421 g/mol. The standard InChI is InChI=1S/C20H19ClF2N4S/c21-16-4-1-14(2-5-16)7-8-26-9-11-27(12-10-26)20-24-19(25-28-20)15-3-6-17(22)18(23)13-15/h1-6,13H,7-12H2. The van der Waals surface area contributed by atoms with Crippen LogP contribution in [0.1, 0.15) is 5.56 Å². The van der Waals surface area contributed by atoms with Crippen molar-refractivity contribution in [3.8, 4) is 11.4 Å². The summed E-state index contributed by atoms with van der Waals surface area (Å²) in [6.07, 6.45) is 0.996. The van der Waals surface area contributed by atoms with E-state index in [0.717, 1.165) is 61.4 Å². The van der Waals surface area contributed by atoms with Crippen molar-refractivity contribution in [2.75, 3.05) is 37.6 Å². The summed E-state index contributed by atoms with van der Waals surface area (Å²) in [4.78, 5) is 9.14. The average Bonchev–Trinajstić information content (AvgIpc) is 3.20. The van der Waals surface area contributed by atoms with Crippen LogP contribution in [0, 0.1) is 11.6 Å². The minimum Gasteiger partial charge on any atom is -0.344 e. The molecule has 0 amide bonds. The van der Waals surface area contributed by atoms with Crippen molar-refractivity contribution < 1.29 is 8.78 Å². The van der Waals surface area contributed by atoms with E-state index in [0.29, 0.717) is 11.4 Å². The van der Waals surface area contributed by atoms with Crippen LogP contribution in [-0.4, -0.2) is 47.0 Å². The minimum atomic E-state index is -0.886. The van der Waals surface area contributed by atoms with Gasteiger partial charge in [0.15, 0.2) is 17.5 Å². The molecule has 8 heteroatoms. The Morgan fingerprint density at radius 2 is 1.71 bits per heavy atom. The first-order valence-electron chi connectivity index (χ1n) is 9.09. The fourth-order valence-corrected chi connectivity index (χ4v) is 4.06. The molecular formula is C20H19ClF2N4S. The molecule has 2 heterocycles. The molecule has 3 aromatic rings. The number of rotatable bonds is 5. The van der Waals surface area contributed by atoms with Crippen LogP contribution in [0.2, 0.25) is 5.02 Å². The van der Waals surface area contributed by atoms with Gasteiger partial charge in [-0.15, -0.1) is 0 Å². The Labute approximate surface area is 171 Å². The van der Waals surface area contributed by atoms with Crippen molar-refractivity contribution in [3.63, 3.8) is 0 Å². The summed E-state index contributed by atoms with van der Waals surface area (Å²) in [5.74, 6) is -1.32. The van der Waals surface area contributed by atoms with Gasteiger partial charge in [-0.05, 0) is 42.3 Å². The highest BCUT2D eigenvalue weighted by Gasteiger charge is 2.20. The van der Waals surface area contributed by atoms with Crippen molar-refractivity contribution in [1.82, 2.24) is 14.3 Å². The number of aromatic nitrogens is 2. The van der Waals surface area contributed by atoms with Gasteiger partial charge < -0.3 is 4.90 Å². The molecule has 0 radical (unpaired) electrons. The number of piperazine rings is 1. The lowest BCUT2D eigenvalue weighted by Crippen LogP contribution is -2.47. The summed E-state index contributed by atoms with van der Waals surface area (Å²) in [5.41, 5.74) is 1.77. The van der Waals surface area contributed by atoms with Crippen LogP contribution < -0.4 is 4.90 Å². The second-order valence-corrected chi connectivity index (χ2v) is 7.90. The SMILES string of the molecule is Fc1ccc(-c2nsc(N3CCN(CCc4ccc(Cl)cc4)CC3)n2)cc1F. The van der Waals surface area contributed by atoms with Crippen LogP contribution in [-0.2, 0) is 6.42 Å². The topological polar surface area (TPSA) is 32.3 Å². The van der Waals surface area contributed by atoms with Crippen LogP contribution in [0.25, 0.3) is 11.4 Å². The fourth-order valence-electron chi connectivity index (χ4n) is 3.20. The maximum Gasteiger partial charge on any atom is 0.205 e. The third-order valence-corrected chi connectivity index (χ3v) is 5.89. The summed E-state index contributed by atoms with van der Waals surface area (Å²) >= 11 is 7.22. The number of hydrogen-bond acceptors (Lipinski definition) is 5. The van der Waals surface area contributed by atoms with Crippen LogP contribution in [0.15, 0.2) is 42.5 Å². The molecule has 0 unspecified atom stereocenters. The van der Waals surface area contributed by atoms with E-state index in [1.807, 2.05) is 12.1 Å². The van der Waals surface area contributed by atoms with E-state index >= 15 is 0 Å². The summed E-state index contributed by atoms with van der Waals surface area (Å²) in [6.45, 7) is 4.65. The van der Waals surface area contributed by atoms with Gasteiger partial charge in [0.1, 0.15) is 0 Å². The van der Waals surface area contributed by atoms with Gasteiger partial charge in [0.2, 0.25) is 5.13 Å². The first-order chi connectivity index (χ1) is 13.6. The van der Waals surface area contributed by atoms with Gasteiger partial charge in [0, 0.05) is 54.8 Å². The molecule has 1 aliphatic heterocycles. The molecule has 0 bridgehead atoms. The molecule has 1 aliphatic rings. The van der Waals surface area contributed by atoms with Gasteiger partial charge in [0.05, 0.1) is 0 Å². The fraction of sp³-hybridized carbons (Fsp3) is 0.300. The van der Waals surface area contributed by atoms with Crippen LogP contribution in [0.5, 0.6) is 0 Å². The van der Waals surface area contributed by atoms with Gasteiger partial charge in [-0.3, -0.25) is 4.90 Å². The van der Waals surface area contributed by atoms with Crippen molar-refractivity contribution in [2.24, 2.45) is 0 Å². The van der Waals surface area contributed by atoms with Gasteiger partial charge in [-0.2, -0.15) is 9.36 Å². The van der Waals surface area contributed by atoms with E-state index in [2.05, 4.69) is 31.3 Å². The molecule has 0 spiro atoms. The Hall–Kier alpha value is -2.09. The summed E-state index contributed by atoms with van der Waals surface area (Å²) in [7, 11) is 0. The van der Waals surface area contributed by atoms with Gasteiger partial charge in [-0.25, -0.2) is 8.78 Å². The smallest absolute Gasteiger partial charge is 0.205 e. The Morgan fingerprint density at radius 1 is 0.964 bits per heavy atom. The highest BCUT2D eigenvalue weighted by atomic mass is 35.5. The largest absolute Gasteiger partial charge is 0.344 e. The lowest BCUT2D eigenvalue weighted by atomic mass is 10.1. The first kappa shape index (κ1) is 19.2. The van der Waals surface area contributed by atoms with Gasteiger partial charge >= 0.3 is 0 Å². The first-order valence-corrected chi connectivity index (χ1v) is 10.2. The van der Waals surface area contributed by atoms with E-state index in [1.165, 1.54) is 23.2 Å². The van der Waals surface area contributed by atoms with Crippen LogP contribution in [0.4, 0.5) is 13.9 Å². The van der Waals surface area contributed by atoms with E-state index < -0.39 is 11.6 Å². The number of benzene rings is 2. The highest BCUT2D eigenvalue weighted by Crippen LogP contribution is 2.26. The number of nitrogens with zero attached hydrogens (tertiary/aromatic N) is 4. The molecular weight excluding hydrogens is 402 g/mol. The predicted molar refractivity (Wildman–Crippen MR) is 109 cm³/mol. The second-order valence-electron chi connectivity index (χ2n) is 6.73. The Kier molecular flexibility index (Phi) is 5.85. The molecule has 4 nitrogen and oxygen atoms in total. The lowest BCUT2D eigenvalue weighted by Gasteiger charge is -2.34. The minimum absolute atomic E-state index is 0.434. The molecule has 0 saturated carbocycles. The molecule has 4 rings (SSSR count). The normalized spacial score (nSPS) is 15.2. The van der Waals surface area contributed by atoms with E-state index in [4.69, 9.17) is 11.6 Å². The molecule has 1 fully saturated rings. The van der Waals surface area contributed by atoms with Crippen LogP contribution in [0.3, 0.4) is 0 Å². The molecule has 1 aromatic heterocycles. The lowest BCUT2D eigenvalue weighted by molar-refractivity contribution is 0.261. The molecule has 0 aliphatic carbocycles. The van der Waals surface area contributed by atoms with Crippen molar-refractivity contribution >= 4 is 28.3 Å². The van der Waals surface area contributed by atoms with Crippen LogP contribution >= 0.6 is 23.1 Å². The zero-order valence-electron chi connectivity index (χ0n) is 15.1. The van der Waals surface area contributed by atoms with Crippen molar-refractivity contribution in [3.05, 3.63) is 64.7 Å². The molecule has 0 N–H and O–H groups in total. The second kappa shape index (κ2) is 8.51. The van der Waals surface area contributed by atoms with Gasteiger partial charge in [-0.1, -0.05) is 23.7 Å². The summed E-state index contributed by atoms with van der Waals surface area (Å²) in [5, 5.41) is 1.58. The molecule has 2 aromatic carbocycles. The third kappa shape index (κ3) is 4.48. The predicted octanol–water partition coefficient (Wildman–Crippen LogP) is 4.50. The Bertz CT molecular complexity index is 940. The van der Waals surface area contributed by atoms with Crippen molar-refractivity contribution in [2.45, 2.75) is 6.42 Å². The number of anilines is 1. The number of halogens is 3. The Morgan fingerprint density at radius 3 is 2.43 bits per heavy atom. The molecule has 28 heavy (non-hydrogen) atoms. The maximum atomic E-state index is 13.4. The molecule has 0 atom stereocenters. The quantitative estimate of drug-likeness (QED) is 0.608. The van der Waals surface area contributed by atoms with E-state index in [9.17, 15) is 8.78 Å². The molecule has 1 saturated heterocycles. The summed E-state index contributed by atoms with van der Waals surface area (Å²) in [6, 6.07) is 11.7. The number of hydrogen-bond donors (Lipinski definition) is 0. The molecule has 146 valence electrons. The zero-order chi connectivity index (χ0) is 19.5. The zero-order valence-corrected chi connectivity index (χ0v) is 16.7. The third-order valence-electron chi connectivity index (χ3n) is 4.87. The van der Waals surface area contributed by atoms with Crippen molar-refractivity contribution in [1.29, 1.82) is 0 Å². The maximum absolute atomic E-state index is 13.4. The van der Waals surface area contributed by atoms with Gasteiger partial charge in [0.25, 0.3) is 0 Å². The monoisotopic (exact) mass is 420 g/mol. The van der Waals surface area contributed by atoms with E-state index in [1.54, 1.807) is 0 Å².